The summed E-state index contributed by atoms with van der Waals surface area (Å²) in [5.41, 5.74) is 1.89. The average Bonchev–Trinajstić information content (AvgIpc) is 2.47. The molecule has 1 aromatic heterocycles. The Morgan fingerprint density at radius 1 is 0.955 bits per heavy atom. The van der Waals surface area contributed by atoms with E-state index in [1.165, 1.54) is 0 Å². The third kappa shape index (κ3) is 2.80. The highest BCUT2D eigenvalue weighted by Gasteiger charge is 2.16. The molecule has 3 aromatic rings. The Balaban J connectivity index is 1.97. The van der Waals surface area contributed by atoms with E-state index >= 15 is 0 Å². The second kappa shape index (κ2) is 5.42. The predicted octanol–water partition coefficient (Wildman–Crippen LogP) is 3.62. The maximum absolute atomic E-state index is 12.3. The summed E-state index contributed by atoms with van der Waals surface area (Å²) >= 11 is 0. The first-order valence-corrected chi connectivity index (χ1v) is 8.23. The Kier molecular flexibility index (Phi) is 3.58. The monoisotopic (exact) mass is 313 g/mol. The number of fused-ring (bicyclic) bond motifs is 1. The molecule has 4 nitrogen and oxygen atoms in total. The molecule has 3 rings (SSSR count). The first kappa shape index (κ1) is 14.5. The van der Waals surface area contributed by atoms with Crippen LogP contribution >= 0.6 is 0 Å². The van der Waals surface area contributed by atoms with Crippen molar-refractivity contribution in [3.63, 3.8) is 0 Å². The predicted molar refractivity (Wildman–Crippen MR) is 85.5 cm³/mol. The molecular formula is C17H15NO3S. The fourth-order valence-electron chi connectivity index (χ4n) is 2.24. The van der Waals surface area contributed by atoms with Gasteiger partial charge < -0.3 is 4.18 Å². The quantitative estimate of drug-likeness (QED) is 0.693. The number of pyridine rings is 1. The molecule has 0 N–H and O–H groups in total. The van der Waals surface area contributed by atoms with Crippen LogP contribution in [0.2, 0.25) is 0 Å². The fraction of sp³-hybridized carbons (Fsp3) is 0.118. The lowest BCUT2D eigenvalue weighted by molar-refractivity contribution is 0.486. The van der Waals surface area contributed by atoms with E-state index in [1.54, 1.807) is 42.6 Å². The van der Waals surface area contributed by atoms with Gasteiger partial charge in [0, 0.05) is 17.3 Å². The molecule has 0 amide bonds. The van der Waals surface area contributed by atoms with Gasteiger partial charge in [0.1, 0.15) is 10.6 Å². The van der Waals surface area contributed by atoms with E-state index in [-0.39, 0.29) is 4.90 Å². The van der Waals surface area contributed by atoms with Crippen molar-refractivity contribution in [1.29, 1.82) is 0 Å². The molecular weight excluding hydrogens is 298 g/mol. The van der Waals surface area contributed by atoms with Gasteiger partial charge in [-0.2, -0.15) is 8.42 Å². The van der Waals surface area contributed by atoms with E-state index in [1.807, 2.05) is 26.0 Å². The molecule has 0 radical (unpaired) electrons. The van der Waals surface area contributed by atoms with Gasteiger partial charge in [-0.15, -0.1) is 0 Å². The summed E-state index contributed by atoms with van der Waals surface area (Å²) in [6.07, 6.45) is 1.69. The molecule has 22 heavy (non-hydrogen) atoms. The molecule has 0 saturated heterocycles. The smallest absolute Gasteiger partial charge is 0.339 e. The summed E-state index contributed by atoms with van der Waals surface area (Å²) in [5.74, 6) is 0.290. The molecule has 2 aromatic carbocycles. The number of rotatable bonds is 3. The van der Waals surface area contributed by atoms with E-state index in [0.717, 1.165) is 22.0 Å². The van der Waals surface area contributed by atoms with Crippen LogP contribution in [0.5, 0.6) is 5.75 Å². The summed E-state index contributed by atoms with van der Waals surface area (Å²) in [7, 11) is -3.82. The number of hydrogen-bond donors (Lipinski definition) is 0. The summed E-state index contributed by atoms with van der Waals surface area (Å²) in [6.45, 7) is 3.81. The maximum atomic E-state index is 12.3. The van der Waals surface area contributed by atoms with Crippen molar-refractivity contribution in [3.8, 4) is 5.75 Å². The Morgan fingerprint density at radius 2 is 1.68 bits per heavy atom. The van der Waals surface area contributed by atoms with Gasteiger partial charge in [0.2, 0.25) is 0 Å². The molecule has 0 aliphatic carbocycles. The van der Waals surface area contributed by atoms with Crippen molar-refractivity contribution in [2.75, 3.05) is 0 Å². The minimum atomic E-state index is -3.82. The molecule has 0 bridgehead atoms. The number of nitrogens with zero attached hydrogens (tertiary/aromatic N) is 1. The van der Waals surface area contributed by atoms with Gasteiger partial charge in [0.25, 0.3) is 0 Å². The van der Waals surface area contributed by atoms with Crippen LogP contribution in [0.25, 0.3) is 10.8 Å². The van der Waals surface area contributed by atoms with Gasteiger partial charge in [0.05, 0.1) is 0 Å². The van der Waals surface area contributed by atoms with Crippen molar-refractivity contribution in [1.82, 2.24) is 4.98 Å². The highest BCUT2D eigenvalue weighted by molar-refractivity contribution is 7.87. The number of aromatic nitrogens is 1. The van der Waals surface area contributed by atoms with Gasteiger partial charge >= 0.3 is 10.1 Å². The minimum Gasteiger partial charge on any atom is -0.379 e. The van der Waals surface area contributed by atoms with Crippen LogP contribution in [0.3, 0.4) is 0 Å². The molecule has 5 heteroatoms. The van der Waals surface area contributed by atoms with Crippen LogP contribution in [0.15, 0.2) is 59.6 Å². The highest BCUT2D eigenvalue weighted by Crippen LogP contribution is 2.25. The lowest BCUT2D eigenvalue weighted by Gasteiger charge is -2.09. The zero-order valence-corrected chi connectivity index (χ0v) is 13.1. The van der Waals surface area contributed by atoms with Crippen LogP contribution in [0.1, 0.15) is 11.3 Å². The van der Waals surface area contributed by atoms with Gasteiger partial charge in [-0.05, 0) is 55.6 Å². The molecule has 0 unspecified atom stereocenters. The number of benzene rings is 2. The summed E-state index contributed by atoms with van der Waals surface area (Å²) in [5, 5.41) is 1.87. The van der Waals surface area contributed by atoms with Crippen molar-refractivity contribution in [2.45, 2.75) is 18.7 Å². The van der Waals surface area contributed by atoms with Gasteiger partial charge in [0.15, 0.2) is 0 Å². The number of aryl methyl sites for hydroxylation is 2. The lowest BCUT2D eigenvalue weighted by Crippen LogP contribution is -2.09. The topological polar surface area (TPSA) is 56.3 Å². The maximum Gasteiger partial charge on any atom is 0.339 e. The standard InChI is InChI=1S/C17H15NO3S/c1-12-3-6-16(7-4-12)22(19,20)21-15-5-8-17-13(2)18-10-9-14(17)11-15/h3-11H,1-2H3. The molecule has 0 aliphatic heterocycles. The van der Waals surface area contributed by atoms with Gasteiger partial charge in [-0.1, -0.05) is 17.7 Å². The van der Waals surface area contributed by atoms with Crippen LogP contribution < -0.4 is 4.18 Å². The molecule has 112 valence electrons. The Bertz CT molecular complexity index is 932. The average molecular weight is 313 g/mol. The lowest BCUT2D eigenvalue weighted by atomic mass is 10.1. The Hall–Kier alpha value is -2.40. The van der Waals surface area contributed by atoms with Crippen LogP contribution in [-0.2, 0) is 10.1 Å². The highest BCUT2D eigenvalue weighted by atomic mass is 32.2. The Labute approximate surface area is 129 Å². The summed E-state index contributed by atoms with van der Waals surface area (Å²) < 4.78 is 29.8. The third-order valence-corrected chi connectivity index (χ3v) is 4.71. The van der Waals surface area contributed by atoms with E-state index in [0.29, 0.717) is 5.75 Å². The van der Waals surface area contributed by atoms with Gasteiger partial charge in [-0.25, -0.2) is 0 Å². The van der Waals surface area contributed by atoms with E-state index in [4.69, 9.17) is 4.18 Å². The van der Waals surface area contributed by atoms with Gasteiger partial charge in [-0.3, -0.25) is 4.98 Å². The van der Waals surface area contributed by atoms with E-state index in [9.17, 15) is 8.42 Å². The number of hydrogen-bond acceptors (Lipinski definition) is 4. The molecule has 1 heterocycles. The fourth-order valence-corrected chi connectivity index (χ4v) is 3.16. The molecule has 0 atom stereocenters. The zero-order chi connectivity index (χ0) is 15.7. The minimum absolute atomic E-state index is 0.143. The Morgan fingerprint density at radius 3 is 2.41 bits per heavy atom. The van der Waals surface area contributed by atoms with E-state index < -0.39 is 10.1 Å². The molecule has 0 aliphatic rings. The molecule has 0 spiro atoms. The second-order valence-corrected chi connectivity index (χ2v) is 6.68. The van der Waals surface area contributed by atoms with E-state index in [2.05, 4.69) is 4.98 Å². The summed E-state index contributed by atoms with van der Waals surface area (Å²) in [6, 6.07) is 13.6. The zero-order valence-electron chi connectivity index (χ0n) is 12.3. The molecule has 0 fully saturated rings. The second-order valence-electron chi connectivity index (χ2n) is 5.13. The molecule has 0 saturated carbocycles. The third-order valence-electron chi connectivity index (χ3n) is 3.45. The van der Waals surface area contributed by atoms with Crippen molar-refractivity contribution < 1.29 is 12.6 Å². The van der Waals surface area contributed by atoms with Crippen LogP contribution in [0, 0.1) is 13.8 Å². The first-order valence-electron chi connectivity index (χ1n) is 6.82. The van der Waals surface area contributed by atoms with Crippen molar-refractivity contribution in [2.24, 2.45) is 0 Å². The van der Waals surface area contributed by atoms with Crippen LogP contribution in [0.4, 0.5) is 0 Å². The first-order chi connectivity index (χ1) is 10.5. The van der Waals surface area contributed by atoms with Crippen LogP contribution in [-0.4, -0.2) is 13.4 Å². The summed E-state index contributed by atoms with van der Waals surface area (Å²) in [4.78, 5) is 4.35. The van der Waals surface area contributed by atoms with Crippen molar-refractivity contribution in [3.05, 3.63) is 66.0 Å². The normalized spacial score (nSPS) is 11.5. The van der Waals surface area contributed by atoms with Crippen molar-refractivity contribution >= 4 is 20.9 Å². The SMILES string of the molecule is Cc1ccc(S(=O)(=O)Oc2ccc3c(C)nccc3c2)cc1. The largest absolute Gasteiger partial charge is 0.379 e.